The summed E-state index contributed by atoms with van der Waals surface area (Å²) in [5.74, 6) is 1.16. The average Bonchev–Trinajstić information content (AvgIpc) is 3.19. The maximum atomic E-state index is 12.4. The monoisotopic (exact) mass is 268 g/mol. The quantitative estimate of drug-likeness (QED) is 0.916. The van der Waals surface area contributed by atoms with Crippen molar-refractivity contribution in [2.24, 2.45) is 17.8 Å². The van der Waals surface area contributed by atoms with Gasteiger partial charge in [-0.2, -0.15) is 5.26 Å². The molecule has 0 aromatic heterocycles. The summed E-state index contributed by atoms with van der Waals surface area (Å²) in [6, 6.07) is 10.3. The molecular formula is C17H20N2O. The zero-order valence-electron chi connectivity index (χ0n) is 12.0. The number of nitrogens with zero attached hydrogens (tertiary/aromatic N) is 1. The molecule has 3 nitrogen and oxygen atoms in total. The van der Waals surface area contributed by atoms with E-state index in [0.717, 1.165) is 12.8 Å². The normalized spacial score (nSPS) is 28.0. The summed E-state index contributed by atoms with van der Waals surface area (Å²) in [5, 5.41) is 12.0. The summed E-state index contributed by atoms with van der Waals surface area (Å²) < 4.78 is 0. The van der Waals surface area contributed by atoms with Gasteiger partial charge in [0.1, 0.15) is 6.04 Å². The maximum Gasteiger partial charge on any atom is 0.225 e. The highest BCUT2D eigenvalue weighted by Gasteiger charge is 2.57. The summed E-state index contributed by atoms with van der Waals surface area (Å²) in [6.45, 7) is 3.92. The van der Waals surface area contributed by atoms with Crippen LogP contribution in [0.5, 0.6) is 0 Å². The summed E-state index contributed by atoms with van der Waals surface area (Å²) in [7, 11) is 0. The van der Waals surface area contributed by atoms with Gasteiger partial charge in [0.15, 0.2) is 0 Å². The van der Waals surface area contributed by atoms with Gasteiger partial charge in [-0.1, -0.05) is 38.1 Å². The number of nitrogens with one attached hydrogen (secondary N) is 1. The van der Waals surface area contributed by atoms with E-state index in [0.29, 0.717) is 11.8 Å². The van der Waals surface area contributed by atoms with Crippen molar-refractivity contribution in [2.75, 3.05) is 0 Å². The molecule has 3 rings (SSSR count). The highest BCUT2D eigenvalue weighted by Crippen LogP contribution is 2.59. The van der Waals surface area contributed by atoms with Gasteiger partial charge in [0.25, 0.3) is 0 Å². The molecule has 0 aliphatic heterocycles. The lowest BCUT2D eigenvalue weighted by Gasteiger charge is -2.15. The zero-order valence-corrected chi connectivity index (χ0v) is 12.0. The van der Waals surface area contributed by atoms with E-state index in [1.807, 2.05) is 13.8 Å². The molecule has 1 N–H and O–H groups in total. The Morgan fingerprint density at radius 2 is 2.15 bits per heavy atom. The first kappa shape index (κ1) is 13.2. The molecule has 20 heavy (non-hydrogen) atoms. The van der Waals surface area contributed by atoms with Crippen molar-refractivity contribution >= 4 is 5.91 Å². The Bertz CT molecular complexity index is 573. The van der Waals surface area contributed by atoms with Crippen LogP contribution in [-0.2, 0) is 11.2 Å². The Kier molecular flexibility index (Phi) is 3.25. The highest BCUT2D eigenvalue weighted by molar-refractivity contribution is 5.84. The van der Waals surface area contributed by atoms with E-state index >= 15 is 0 Å². The minimum Gasteiger partial charge on any atom is -0.340 e. The number of carbonyl (C=O) groups is 1. The number of rotatable bonds is 3. The molecule has 0 spiro atoms. The van der Waals surface area contributed by atoms with Crippen LogP contribution >= 0.6 is 0 Å². The van der Waals surface area contributed by atoms with E-state index in [1.54, 1.807) is 0 Å². The number of benzene rings is 1. The van der Waals surface area contributed by atoms with Gasteiger partial charge in [-0.05, 0) is 41.7 Å². The molecule has 4 atom stereocenters. The van der Waals surface area contributed by atoms with E-state index in [2.05, 4.69) is 35.7 Å². The Labute approximate surface area is 120 Å². The van der Waals surface area contributed by atoms with Crippen molar-refractivity contribution in [1.29, 1.82) is 5.26 Å². The second-order valence-corrected chi connectivity index (χ2v) is 6.31. The molecule has 0 heterocycles. The molecular weight excluding hydrogens is 248 g/mol. The molecule has 1 fully saturated rings. The van der Waals surface area contributed by atoms with Gasteiger partial charge in [0.05, 0.1) is 6.07 Å². The lowest BCUT2D eigenvalue weighted by Crippen LogP contribution is -2.38. The van der Waals surface area contributed by atoms with Crippen LogP contribution in [0.4, 0.5) is 0 Å². The van der Waals surface area contributed by atoms with Crippen molar-refractivity contribution in [2.45, 2.75) is 38.6 Å². The fourth-order valence-corrected chi connectivity index (χ4v) is 3.52. The lowest BCUT2D eigenvalue weighted by atomic mass is 9.92. The molecule has 0 radical (unpaired) electrons. The Morgan fingerprint density at radius 1 is 1.40 bits per heavy atom. The van der Waals surface area contributed by atoms with Gasteiger partial charge in [-0.15, -0.1) is 0 Å². The van der Waals surface area contributed by atoms with Crippen LogP contribution in [0.1, 0.15) is 37.3 Å². The Hall–Kier alpha value is -1.82. The number of hydrogen-bond acceptors (Lipinski definition) is 2. The van der Waals surface area contributed by atoms with Gasteiger partial charge >= 0.3 is 0 Å². The van der Waals surface area contributed by atoms with Crippen LogP contribution in [0.25, 0.3) is 0 Å². The van der Waals surface area contributed by atoms with Crippen molar-refractivity contribution in [3.05, 3.63) is 35.4 Å². The van der Waals surface area contributed by atoms with Gasteiger partial charge < -0.3 is 5.32 Å². The SMILES string of the molecule is CC(C)C(C#N)NC(=O)C1C2CCc3ccccc3C21. The molecule has 1 aromatic rings. The molecule has 1 amide bonds. The number of aryl methyl sites for hydroxylation is 1. The molecule has 104 valence electrons. The smallest absolute Gasteiger partial charge is 0.225 e. The van der Waals surface area contributed by atoms with E-state index in [9.17, 15) is 4.79 Å². The third-order valence-electron chi connectivity index (χ3n) is 4.74. The Balaban J connectivity index is 1.73. The van der Waals surface area contributed by atoms with Crippen LogP contribution in [0.15, 0.2) is 24.3 Å². The van der Waals surface area contributed by atoms with E-state index < -0.39 is 0 Å². The first-order chi connectivity index (χ1) is 9.63. The summed E-state index contributed by atoms with van der Waals surface area (Å²) in [4.78, 5) is 12.4. The van der Waals surface area contributed by atoms with Crippen molar-refractivity contribution in [3.63, 3.8) is 0 Å². The second-order valence-electron chi connectivity index (χ2n) is 6.31. The summed E-state index contributed by atoms with van der Waals surface area (Å²) in [6.07, 6.45) is 2.17. The molecule has 1 saturated carbocycles. The van der Waals surface area contributed by atoms with Crippen LogP contribution in [0.2, 0.25) is 0 Å². The fraction of sp³-hybridized carbons (Fsp3) is 0.529. The van der Waals surface area contributed by atoms with E-state index in [1.165, 1.54) is 11.1 Å². The third-order valence-corrected chi connectivity index (χ3v) is 4.74. The van der Waals surface area contributed by atoms with Gasteiger partial charge in [0, 0.05) is 5.92 Å². The Morgan fingerprint density at radius 3 is 2.85 bits per heavy atom. The van der Waals surface area contributed by atoms with Crippen molar-refractivity contribution < 1.29 is 4.79 Å². The summed E-state index contributed by atoms with van der Waals surface area (Å²) >= 11 is 0. The zero-order chi connectivity index (χ0) is 14.3. The van der Waals surface area contributed by atoms with Crippen molar-refractivity contribution in [1.82, 2.24) is 5.32 Å². The molecule has 3 heteroatoms. The van der Waals surface area contributed by atoms with E-state index in [-0.39, 0.29) is 23.8 Å². The molecule has 2 aliphatic rings. The van der Waals surface area contributed by atoms with Crippen LogP contribution in [0, 0.1) is 29.1 Å². The molecule has 1 aromatic carbocycles. The predicted octanol–water partition coefficient (Wildman–Crippen LogP) is 2.63. The molecule has 0 saturated heterocycles. The van der Waals surface area contributed by atoms with Gasteiger partial charge in [-0.25, -0.2) is 0 Å². The van der Waals surface area contributed by atoms with Crippen LogP contribution in [0.3, 0.4) is 0 Å². The number of amides is 1. The largest absolute Gasteiger partial charge is 0.340 e. The molecule has 2 aliphatic carbocycles. The van der Waals surface area contributed by atoms with Gasteiger partial charge in [0.2, 0.25) is 5.91 Å². The fourth-order valence-electron chi connectivity index (χ4n) is 3.52. The average molecular weight is 268 g/mol. The standard InChI is InChI=1S/C17H20N2O/c1-10(2)14(9-18)19-17(20)16-13-8-7-11-5-3-4-6-12(11)15(13)16/h3-6,10,13-16H,7-8H2,1-2H3,(H,19,20). The first-order valence-electron chi connectivity index (χ1n) is 7.41. The lowest BCUT2D eigenvalue weighted by molar-refractivity contribution is -0.123. The number of hydrogen-bond donors (Lipinski definition) is 1. The van der Waals surface area contributed by atoms with Crippen LogP contribution < -0.4 is 5.32 Å². The van der Waals surface area contributed by atoms with Crippen LogP contribution in [-0.4, -0.2) is 11.9 Å². The van der Waals surface area contributed by atoms with E-state index in [4.69, 9.17) is 5.26 Å². The first-order valence-corrected chi connectivity index (χ1v) is 7.41. The third kappa shape index (κ3) is 2.10. The second kappa shape index (κ2) is 4.94. The van der Waals surface area contributed by atoms with Gasteiger partial charge in [-0.3, -0.25) is 4.79 Å². The topological polar surface area (TPSA) is 52.9 Å². The minimum atomic E-state index is -0.375. The summed E-state index contributed by atoms with van der Waals surface area (Å²) in [5.41, 5.74) is 2.74. The number of fused-ring (bicyclic) bond motifs is 3. The maximum absolute atomic E-state index is 12.4. The molecule has 4 unspecified atom stereocenters. The number of carbonyl (C=O) groups excluding carboxylic acids is 1. The minimum absolute atomic E-state index is 0.0666. The predicted molar refractivity (Wildman–Crippen MR) is 76.9 cm³/mol. The molecule has 0 bridgehead atoms. The highest BCUT2D eigenvalue weighted by atomic mass is 16.2. The van der Waals surface area contributed by atoms with Crippen molar-refractivity contribution in [3.8, 4) is 6.07 Å². The number of nitriles is 1.